The number of nitriles is 1. The summed E-state index contributed by atoms with van der Waals surface area (Å²) in [5.74, 6) is 0.438. The molecular formula is C26H26N4O4S. The molecule has 1 atom stereocenters. The minimum absolute atomic E-state index is 0.153. The molecule has 0 bridgehead atoms. The number of nitrogens with one attached hydrogen (secondary N) is 1. The van der Waals surface area contributed by atoms with Crippen LogP contribution in [0.15, 0.2) is 83.8 Å². The predicted octanol–water partition coefficient (Wildman–Crippen LogP) is 3.25. The normalized spacial score (nSPS) is 15.7. The summed E-state index contributed by atoms with van der Waals surface area (Å²) >= 11 is 0. The monoisotopic (exact) mass is 490 g/mol. The maximum absolute atomic E-state index is 13.4. The van der Waals surface area contributed by atoms with E-state index in [-0.39, 0.29) is 23.9 Å². The molecule has 1 fully saturated rings. The van der Waals surface area contributed by atoms with Crippen LogP contribution in [0.25, 0.3) is 0 Å². The first kappa shape index (κ1) is 24.4. The Bertz CT molecular complexity index is 1310. The largest absolute Gasteiger partial charge is 0.497 e. The first-order valence-corrected chi connectivity index (χ1v) is 12.6. The topological polar surface area (TPSA) is 103 Å². The molecule has 1 aliphatic heterocycles. The zero-order valence-electron chi connectivity index (χ0n) is 19.3. The Morgan fingerprint density at radius 1 is 0.971 bits per heavy atom. The van der Waals surface area contributed by atoms with Crippen LogP contribution in [0.1, 0.15) is 17.2 Å². The molecule has 8 nitrogen and oxygen atoms in total. The third kappa shape index (κ3) is 5.52. The quantitative estimate of drug-likeness (QED) is 0.545. The molecule has 1 N–H and O–H groups in total. The van der Waals surface area contributed by atoms with Crippen LogP contribution in [0.2, 0.25) is 0 Å². The van der Waals surface area contributed by atoms with E-state index in [1.54, 1.807) is 31.4 Å². The minimum Gasteiger partial charge on any atom is -0.497 e. The summed E-state index contributed by atoms with van der Waals surface area (Å²) < 4.78 is 32.9. The third-order valence-corrected chi connectivity index (χ3v) is 7.87. The minimum atomic E-state index is -3.69. The highest BCUT2D eigenvalue weighted by molar-refractivity contribution is 7.89. The average Bonchev–Trinajstić information content (AvgIpc) is 2.90. The van der Waals surface area contributed by atoms with Gasteiger partial charge in [0, 0.05) is 37.9 Å². The second kappa shape index (κ2) is 10.7. The van der Waals surface area contributed by atoms with Crippen molar-refractivity contribution in [2.24, 2.45) is 0 Å². The Kier molecular flexibility index (Phi) is 7.46. The molecule has 9 heteroatoms. The van der Waals surface area contributed by atoms with Crippen molar-refractivity contribution in [3.05, 3.63) is 90.0 Å². The van der Waals surface area contributed by atoms with Crippen LogP contribution in [0, 0.1) is 11.3 Å². The van der Waals surface area contributed by atoms with Crippen molar-refractivity contribution < 1.29 is 17.9 Å². The summed E-state index contributed by atoms with van der Waals surface area (Å²) in [7, 11) is -2.13. The molecule has 1 amide bonds. The number of rotatable bonds is 7. The van der Waals surface area contributed by atoms with Crippen molar-refractivity contribution in [2.75, 3.05) is 38.6 Å². The van der Waals surface area contributed by atoms with Crippen LogP contribution in [0.5, 0.6) is 5.75 Å². The number of methoxy groups -OCH3 is 1. The summed E-state index contributed by atoms with van der Waals surface area (Å²) in [6, 6.07) is 23.9. The van der Waals surface area contributed by atoms with Crippen molar-refractivity contribution in [3.63, 3.8) is 0 Å². The van der Waals surface area contributed by atoms with Crippen molar-refractivity contribution in [2.45, 2.75) is 10.9 Å². The predicted molar refractivity (Wildman–Crippen MR) is 132 cm³/mol. The van der Waals surface area contributed by atoms with E-state index in [9.17, 15) is 13.2 Å². The molecule has 4 rings (SSSR count). The lowest BCUT2D eigenvalue weighted by Gasteiger charge is -2.38. The Labute approximate surface area is 205 Å². The van der Waals surface area contributed by atoms with Crippen LogP contribution >= 0.6 is 0 Å². The van der Waals surface area contributed by atoms with Gasteiger partial charge in [-0.15, -0.1) is 0 Å². The average molecular weight is 491 g/mol. The maximum Gasteiger partial charge on any atom is 0.246 e. The van der Waals surface area contributed by atoms with Gasteiger partial charge >= 0.3 is 0 Å². The number of benzene rings is 3. The van der Waals surface area contributed by atoms with Gasteiger partial charge in [0.1, 0.15) is 11.8 Å². The smallest absolute Gasteiger partial charge is 0.246 e. The molecule has 180 valence electrons. The highest BCUT2D eigenvalue weighted by atomic mass is 32.2. The first-order valence-electron chi connectivity index (χ1n) is 11.2. The molecule has 0 aliphatic carbocycles. The lowest BCUT2D eigenvalue weighted by atomic mass is 10.0. The van der Waals surface area contributed by atoms with Gasteiger partial charge in [-0.1, -0.05) is 36.4 Å². The van der Waals surface area contributed by atoms with Gasteiger partial charge in [-0.25, -0.2) is 8.42 Å². The maximum atomic E-state index is 13.4. The van der Waals surface area contributed by atoms with Crippen LogP contribution < -0.4 is 10.1 Å². The fraction of sp³-hybridized carbons (Fsp3) is 0.231. The number of sulfonamides is 1. The van der Waals surface area contributed by atoms with Crippen LogP contribution in [0.4, 0.5) is 5.69 Å². The number of hydrogen-bond donors (Lipinski definition) is 1. The summed E-state index contributed by atoms with van der Waals surface area (Å²) in [6.45, 7) is 1.28. The number of carbonyl (C=O) groups excluding carboxylic acids is 1. The molecule has 0 radical (unpaired) electrons. The fourth-order valence-electron chi connectivity index (χ4n) is 4.13. The number of carbonyl (C=O) groups is 1. The lowest BCUT2D eigenvalue weighted by molar-refractivity contribution is -0.122. The van der Waals surface area contributed by atoms with Gasteiger partial charge in [-0.3, -0.25) is 9.69 Å². The molecule has 35 heavy (non-hydrogen) atoms. The lowest BCUT2D eigenvalue weighted by Crippen LogP contribution is -2.51. The number of amides is 1. The summed E-state index contributed by atoms with van der Waals surface area (Å²) in [5, 5.41) is 11.9. The number of ether oxygens (including phenoxy) is 1. The molecular weight excluding hydrogens is 464 g/mol. The van der Waals surface area contributed by atoms with E-state index in [2.05, 4.69) is 5.32 Å². The summed E-state index contributed by atoms with van der Waals surface area (Å²) in [6.07, 6.45) is 0. The highest BCUT2D eigenvalue weighted by Gasteiger charge is 2.34. The summed E-state index contributed by atoms with van der Waals surface area (Å²) in [4.78, 5) is 15.6. The fourth-order valence-corrected chi connectivity index (χ4v) is 5.55. The molecule has 0 aromatic heterocycles. The zero-order valence-corrected chi connectivity index (χ0v) is 20.1. The van der Waals surface area contributed by atoms with Crippen molar-refractivity contribution >= 4 is 21.6 Å². The van der Waals surface area contributed by atoms with E-state index < -0.39 is 16.1 Å². The van der Waals surface area contributed by atoms with Crippen LogP contribution in [0.3, 0.4) is 0 Å². The van der Waals surface area contributed by atoms with Gasteiger partial charge < -0.3 is 10.1 Å². The number of piperazine rings is 1. The van der Waals surface area contributed by atoms with E-state index in [1.807, 2.05) is 41.3 Å². The van der Waals surface area contributed by atoms with Gasteiger partial charge in [0.2, 0.25) is 15.9 Å². The molecule has 1 saturated heterocycles. The van der Waals surface area contributed by atoms with E-state index in [0.717, 1.165) is 5.56 Å². The Hall–Kier alpha value is -3.71. The van der Waals surface area contributed by atoms with Gasteiger partial charge in [0.05, 0.1) is 23.6 Å². The molecule has 1 aliphatic rings. The standard InChI is InChI=1S/C26H26N4O4S/c1-34-23-9-5-8-22(18-23)28-26(31)25(21-6-3-2-4-7-21)29-14-16-30(17-15-29)35(32,33)24-12-10-20(19-27)11-13-24/h2-13,18,25H,14-17H2,1H3,(H,28,31). The van der Waals surface area contributed by atoms with Gasteiger partial charge in [-0.2, -0.15) is 9.57 Å². The molecule has 3 aromatic carbocycles. The van der Waals surface area contributed by atoms with Crippen LogP contribution in [-0.2, 0) is 14.8 Å². The Morgan fingerprint density at radius 3 is 2.29 bits per heavy atom. The van der Waals surface area contributed by atoms with Crippen molar-refractivity contribution in [1.82, 2.24) is 9.21 Å². The Morgan fingerprint density at radius 2 is 1.66 bits per heavy atom. The zero-order chi connectivity index (χ0) is 24.8. The van der Waals surface area contributed by atoms with E-state index in [4.69, 9.17) is 10.00 Å². The highest BCUT2D eigenvalue weighted by Crippen LogP contribution is 2.27. The molecule has 3 aromatic rings. The van der Waals surface area contributed by atoms with E-state index in [1.165, 1.54) is 28.6 Å². The molecule has 1 heterocycles. The second-order valence-corrected chi connectivity index (χ2v) is 10.0. The second-order valence-electron chi connectivity index (χ2n) is 8.11. The third-order valence-electron chi connectivity index (χ3n) is 5.96. The SMILES string of the molecule is COc1cccc(NC(=O)C(c2ccccc2)N2CCN(S(=O)(=O)c3ccc(C#N)cc3)CC2)c1. The number of nitrogens with zero attached hydrogens (tertiary/aromatic N) is 3. The van der Waals surface area contributed by atoms with Gasteiger partial charge in [-0.05, 0) is 42.0 Å². The number of hydrogen-bond acceptors (Lipinski definition) is 6. The van der Waals surface area contributed by atoms with Crippen LogP contribution in [-0.4, -0.2) is 56.8 Å². The van der Waals surface area contributed by atoms with E-state index in [0.29, 0.717) is 30.1 Å². The molecule has 0 saturated carbocycles. The number of anilines is 1. The molecule has 0 spiro atoms. The summed E-state index contributed by atoms with van der Waals surface area (Å²) in [5.41, 5.74) is 1.86. The van der Waals surface area contributed by atoms with Crippen molar-refractivity contribution in [3.8, 4) is 11.8 Å². The van der Waals surface area contributed by atoms with Gasteiger partial charge in [0.15, 0.2) is 0 Å². The molecule has 1 unspecified atom stereocenters. The van der Waals surface area contributed by atoms with Crippen molar-refractivity contribution in [1.29, 1.82) is 5.26 Å². The van der Waals surface area contributed by atoms with E-state index >= 15 is 0 Å². The first-order chi connectivity index (χ1) is 16.9. The Balaban J connectivity index is 1.51. The van der Waals surface area contributed by atoms with Gasteiger partial charge in [0.25, 0.3) is 0 Å².